The van der Waals surface area contributed by atoms with Gasteiger partial charge in [0.15, 0.2) is 5.16 Å². The number of benzene rings is 1. The number of methoxy groups -OCH3 is 1. The van der Waals surface area contributed by atoms with E-state index >= 15 is 0 Å². The highest BCUT2D eigenvalue weighted by molar-refractivity contribution is 8.00. The van der Waals surface area contributed by atoms with Gasteiger partial charge in [-0.2, -0.15) is 0 Å². The van der Waals surface area contributed by atoms with Gasteiger partial charge in [-0.15, -0.1) is 10.2 Å². The fourth-order valence-electron chi connectivity index (χ4n) is 2.91. The highest BCUT2D eigenvalue weighted by Crippen LogP contribution is 2.28. The van der Waals surface area contributed by atoms with Crippen LogP contribution in [0, 0.1) is 6.92 Å². The van der Waals surface area contributed by atoms with E-state index in [1.807, 2.05) is 35.8 Å². The van der Waals surface area contributed by atoms with E-state index in [0.717, 1.165) is 5.56 Å². The molecule has 0 fully saturated rings. The Morgan fingerprint density at radius 1 is 1.32 bits per heavy atom. The molecule has 0 saturated carbocycles. The molecule has 0 aliphatic heterocycles. The summed E-state index contributed by atoms with van der Waals surface area (Å²) in [5.41, 5.74) is 6.90. The molecule has 10 heteroatoms. The Morgan fingerprint density at radius 3 is 2.81 bits per heavy atom. The van der Waals surface area contributed by atoms with Crippen LogP contribution in [-0.2, 0) is 22.6 Å². The van der Waals surface area contributed by atoms with Crippen LogP contribution in [0.2, 0.25) is 0 Å². The Balaban J connectivity index is 1.76. The highest BCUT2D eigenvalue weighted by Gasteiger charge is 2.22. The van der Waals surface area contributed by atoms with E-state index in [-0.39, 0.29) is 12.3 Å². The molecule has 1 aromatic carbocycles. The first kappa shape index (κ1) is 22.4. The number of rotatable bonds is 10. The summed E-state index contributed by atoms with van der Waals surface area (Å²) >= 11 is 1.27. The van der Waals surface area contributed by atoms with Gasteiger partial charge in [0.25, 0.3) is 0 Å². The van der Waals surface area contributed by atoms with Crippen LogP contribution >= 0.6 is 11.8 Å². The second-order valence-electron chi connectivity index (χ2n) is 6.98. The molecule has 1 atom stereocenters. The van der Waals surface area contributed by atoms with Crippen LogP contribution in [0.25, 0.3) is 0 Å². The summed E-state index contributed by atoms with van der Waals surface area (Å²) in [5.74, 6) is 1.29. The minimum Gasteiger partial charge on any atom is -0.495 e. The third-order valence-electron chi connectivity index (χ3n) is 4.55. The minimum atomic E-state index is -0.464. The first-order valence-corrected chi connectivity index (χ1v) is 10.6. The van der Waals surface area contributed by atoms with Crippen LogP contribution in [0.5, 0.6) is 5.75 Å². The van der Waals surface area contributed by atoms with Gasteiger partial charge in [0.05, 0.1) is 30.9 Å². The standard InChI is InChI=1S/C21H25N5O4S/c1-13-6-7-17(29-3)16(11-13)23-20(28)14(2)31-21-25-24-19(9-8-18(22)27)26(21)12-15-5-4-10-30-15/h4-7,10-11,14H,8-9,12H2,1-3H3,(H2,22,27)(H,23,28). The van der Waals surface area contributed by atoms with Crippen LogP contribution in [-0.4, -0.2) is 38.9 Å². The lowest BCUT2D eigenvalue weighted by molar-refractivity contribution is -0.118. The van der Waals surface area contributed by atoms with Gasteiger partial charge in [0.1, 0.15) is 17.3 Å². The van der Waals surface area contributed by atoms with Gasteiger partial charge in [-0.3, -0.25) is 14.2 Å². The van der Waals surface area contributed by atoms with Crippen molar-refractivity contribution in [3.63, 3.8) is 0 Å². The van der Waals surface area contributed by atoms with Gasteiger partial charge in [0, 0.05) is 12.8 Å². The van der Waals surface area contributed by atoms with Crippen LogP contribution in [0.4, 0.5) is 5.69 Å². The third-order valence-corrected chi connectivity index (χ3v) is 5.63. The zero-order chi connectivity index (χ0) is 22.4. The molecule has 3 N–H and O–H groups in total. The van der Waals surface area contributed by atoms with Crippen LogP contribution in [0.3, 0.4) is 0 Å². The van der Waals surface area contributed by atoms with Crippen LogP contribution in [0.1, 0.15) is 30.5 Å². The number of hydrogen-bond acceptors (Lipinski definition) is 7. The molecule has 0 saturated heterocycles. The van der Waals surface area contributed by atoms with Gasteiger partial charge in [-0.1, -0.05) is 17.8 Å². The molecular formula is C21H25N5O4S. The summed E-state index contributed by atoms with van der Waals surface area (Å²) in [6.45, 7) is 4.12. The van der Waals surface area contributed by atoms with Crippen LogP contribution < -0.4 is 15.8 Å². The second-order valence-corrected chi connectivity index (χ2v) is 8.29. The number of hydrogen-bond donors (Lipinski definition) is 2. The summed E-state index contributed by atoms with van der Waals surface area (Å²) in [4.78, 5) is 24.0. The van der Waals surface area contributed by atoms with E-state index in [0.29, 0.717) is 41.1 Å². The maximum absolute atomic E-state index is 12.8. The number of primary amides is 1. The molecule has 2 heterocycles. The largest absolute Gasteiger partial charge is 0.495 e. The van der Waals surface area contributed by atoms with Gasteiger partial charge in [-0.05, 0) is 43.7 Å². The molecule has 0 aliphatic rings. The summed E-state index contributed by atoms with van der Waals surface area (Å²) in [7, 11) is 1.56. The predicted molar refractivity (Wildman–Crippen MR) is 117 cm³/mol. The molecule has 0 radical (unpaired) electrons. The number of carbonyl (C=O) groups excluding carboxylic acids is 2. The number of aromatic nitrogens is 3. The number of ether oxygens (including phenoxy) is 1. The number of carbonyl (C=O) groups is 2. The average molecular weight is 444 g/mol. The maximum Gasteiger partial charge on any atom is 0.237 e. The number of thioether (sulfide) groups is 1. The second kappa shape index (κ2) is 10.2. The Morgan fingerprint density at radius 2 is 2.13 bits per heavy atom. The van der Waals surface area contributed by atoms with Gasteiger partial charge < -0.3 is 20.2 Å². The molecule has 0 bridgehead atoms. The van der Waals surface area contributed by atoms with E-state index in [2.05, 4.69) is 15.5 Å². The molecule has 1 unspecified atom stereocenters. The van der Waals surface area contributed by atoms with Crippen molar-refractivity contribution in [2.75, 3.05) is 12.4 Å². The SMILES string of the molecule is COc1ccc(C)cc1NC(=O)C(C)Sc1nnc(CCC(N)=O)n1Cc1ccco1. The third kappa shape index (κ3) is 5.88. The van der Waals surface area contributed by atoms with Crippen molar-refractivity contribution in [1.29, 1.82) is 0 Å². The number of aryl methyl sites for hydroxylation is 2. The van der Waals surface area contributed by atoms with Gasteiger partial charge in [-0.25, -0.2) is 0 Å². The quantitative estimate of drug-likeness (QED) is 0.462. The molecule has 2 amide bonds. The topological polar surface area (TPSA) is 125 Å². The predicted octanol–water partition coefficient (Wildman–Crippen LogP) is 2.77. The van der Waals surface area contributed by atoms with E-state index < -0.39 is 11.2 Å². The maximum atomic E-state index is 12.8. The molecule has 31 heavy (non-hydrogen) atoms. The van der Waals surface area contributed by atoms with E-state index in [1.165, 1.54) is 11.8 Å². The normalized spacial score (nSPS) is 11.8. The van der Waals surface area contributed by atoms with Gasteiger partial charge >= 0.3 is 0 Å². The van der Waals surface area contributed by atoms with Crippen molar-refractivity contribution in [2.24, 2.45) is 5.73 Å². The number of nitrogens with two attached hydrogens (primary N) is 1. The Hall–Kier alpha value is -3.27. The highest BCUT2D eigenvalue weighted by atomic mass is 32.2. The monoisotopic (exact) mass is 443 g/mol. The Labute approximate surface area is 184 Å². The minimum absolute atomic E-state index is 0.157. The number of nitrogens with one attached hydrogen (secondary N) is 1. The number of nitrogens with zero attached hydrogens (tertiary/aromatic N) is 3. The Kier molecular flexibility index (Phi) is 7.35. The molecule has 2 aromatic heterocycles. The molecule has 3 aromatic rings. The molecule has 9 nitrogen and oxygen atoms in total. The van der Waals surface area contributed by atoms with Crippen molar-refractivity contribution < 1.29 is 18.7 Å². The zero-order valence-electron chi connectivity index (χ0n) is 17.6. The lowest BCUT2D eigenvalue weighted by Gasteiger charge is -2.15. The first-order valence-electron chi connectivity index (χ1n) is 9.72. The van der Waals surface area contributed by atoms with Crippen molar-refractivity contribution in [1.82, 2.24) is 14.8 Å². The number of anilines is 1. The summed E-state index contributed by atoms with van der Waals surface area (Å²) < 4.78 is 12.6. The van der Waals surface area contributed by atoms with Crippen molar-refractivity contribution in [3.05, 3.63) is 53.7 Å². The summed E-state index contributed by atoms with van der Waals surface area (Å²) in [6.07, 6.45) is 2.09. The fourth-order valence-corrected chi connectivity index (χ4v) is 3.78. The van der Waals surface area contributed by atoms with E-state index in [9.17, 15) is 9.59 Å². The average Bonchev–Trinajstić information content (AvgIpc) is 3.37. The zero-order valence-corrected chi connectivity index (χ0v) is 18.4. The molecule has 3 rings (SSSR count). The summed E-state index contributed by atoms with van der Waals surface area (Å²) in [5, 5.41) is 11.4. The van der Waals surface area contributed by atoms with Crippen LogP contribution in [0.15, 0.2) is 46.2 Å². The molecule has 164 valence electrons. The number of amides is 2. The molecule has 0 aliphatic carbocycles. The Bertz CT molecular complexity index is 1050. The number of furan rings is 1. The molecular weight excluding hydrogens is 418 g/mol. The van der Waals surface area contributed by atoms with Crippen molar-refractivity contribution in [2.45, 2.75) is 43.6 Å². The van der Waals surface area contributed by atoms with Crippen molar-refractivity contribution in [3.8, 4) is 5.75 Å². The fraction of sp³-hybridized carbons (Fsp3) is 0.333. The van der Waals surface area contributed by atoms with Gasteiger partial charge in [0.2, 0.25) is 11.8 Å². The lowest BCUT2D eigenvalue weighted by Crippen LogP contribution is -2.23. The summed E-state index contributed by atoms with van der Waals surface area (Å²) in [6, 6.07) is 9.22. The lowest BCUT2D eigenvalue weighted by atomic mass is 10.2. The smallest absolute Gasteiger partial charge is 0.237 e. The van der Waals surface area contributed by atoms with E-state index in [1.54, 1.807) is 26.4 Å². The van der Waals surface area contributed by atoms with Crippen molar-refractivity contribution >= 4 is 29.3 Å². The van der Waals surface area contributed by atoms with E-state index in [4.69, 9.17) is 14.9 Å². The first-order chi connectivity index (χ1) is 14.9. The molecule has 0 spiro atoms.